The van der Waals surface area contributed by atoms with E-state index in [1.165, 1.54) is 0 Å². The Labute approximate surface area is 127 Å². The summed E-state index contributed by atoms with van der Waals surface area (Å²) in [6, 6.07) is 14.0. The summed E-state index contributed by atoms with van der Waals surface area (Å²) in [6.45, 7) is 0. The molecule has 2 N–H and O–H groups in total. The molecule has 0 aliphatic carbocycles. The number of imidazole rings is 1. The Kier molecular flexibility index (Phi) is 2.86. The van der Waals surface area contributed by atoms with Crippen LogP contribution in [0.15, 0.2) is 73.4 Å². The van der Waals surface area contributed by atoms with Gasteiger partial charge >= 0.3 is 0 Å². The molecular weight excluding hydrogens is 272 g/mol. The Balaban J connectivity index is 2.00. The van der Waals surface area contributed by atoms with Gasteiger partial charge in [0.25, 0.3) is 0 Å². The average Bonchev–Trinajstić information content (AvgIpc) is 3.03. The van der Waals surface area contributed by atoms with E-state index in [4.69, 9.17) is 5.73 Å². The molecule has 3 aromatic heterocycles. The molecule has 0 spiro atoms. The third-order valence-corrected chi connectivity index (χ3v) is 3.72. The molecule has 4 nitrogen and oxygen atoms in total. The summed E-state index contributed by atoms with van der Waals surface area (Å²) in [5.74, 6) is 0. The molecule has 0 saturated carbocycles. The maximum Gasteiger partial charge on any atom is 0.137 e. The molecule has 0 fully saturated rings. The van der Waals surface area contributed by atoms with Crippen molar-refractivity contribution in [1.29, 1.82) is 0 Å². The van der Waals surface area contributed by atoms with E-state index < -0.39 is 0 Å². The fourth-order valence-corrected chi connectivity index (χ4v) is 2.61. The van der Waals surface area contributed by atoms with E-state index >= 15 is 0 Å². The lowest BCUT2D eigenvalue weighted by Crippen LogP contribution is -1.92. The van der Waals surface area contributed by atoms with Crippen LogP contribution in [0.25, 0.3) is 27.9 Å². The SMILES string of the molecule is Nc1ccc(-c2cc3nccn3cc2-c2cccnc2)cc1. The lowest BCUT2D eigenvalue weighted by molar-refractivity contribution is 1.19. The van der Waals surface area contributed by atoms with Crippen LogP contribution >= 0.6 is 0 Å². The second kappa shape index (κ2) is 5.00. The van der Waals surface area contributed by atoms with Gasteiger partial charge in [-0.3, -0.25) is 4.98 Å². The van der Waals surface area contributed by atoms with Crippen molar-refractivity contribution in [1.82, 2.24) is 14.4 Å². The van der Waals surface area contributed by atoms with E-state index in [9.17, 15) is 0 Å². The number of hydrogen-bond acceptors (Lipinski definition) is 3. The first-order chi connectivity index (χ1) is 10.8. The standard InChI is InChI=1S/C18H14N4/c19-15-5-3-13(4-6-15)16-10-18-21-8-9-22(18)12-17(16)14-2-1-7-20-11-14/h1-12H,19H2. The van der Waals surface area contributed by atoms with E-state index in [2.05, 4.69) is 28.3 Å². The molecule has 4 rings (SSSR count). The van der Waals surface area contributed by atoms with Crippen molar-refractivity contribution in [2.45, 2.75) is 0 Å². The first-order valence-corrected chi connectivity index (χ1v) is 7.04. The van der Waals surface area contributed by atoms with Crippen LogP contribution in [0.3, 0.4) is 0 Å². The summed E-state index contributed by atoms with van der Waals surface area (Å²) >= 11 is 0. The molecule has 0 aliphatic rings. The highest BCUT2D eigenvalue weighted by Gasteiger charge is 2.10. The minimum atomic E-state index is 0.758. The number of pyridine rings is 2. The molecule has 0 atom stereocenters. The molecule has 0 aliphatic heterocycles. The number of aromatic nitrogens is 3. The zero-order chi connectivity index (χ0) is 14.9. The summed E-state index contributed by atoms with van der Waals surface area (Å²) in [5, 5.41) is 0. The van der Waals surface area contributed by atoms with Gasteiger partial charge in [-0.15, -0.1) is 0 Å². The Morgan fingerprint density at radius 3 is 2.55 bits per heavy atom. The van der Waals surface area contributed by atoms with Gasteiger partial charge in [-0.25, -0.2) is 4.98 Å². The van der Waals surface area contributed by atoms with Gasteiger partial charge in [-0.05, 0) is 35.4 Å². The number of rotatable bonds is 2. The number of nitrogens with two attached hydrogens (primary N) is 1. The molecule has 3 heterocycles. The highest BCUT2D eigenvalue weighted by molar-refractivity contribution is 5.85. The highest BCUT2D eigenvalue weighted by atomic mass is 15.0. The smallest absolute Gasteiger partial charge is 0.137 e. The van der Waals surface area contributed by atoms with Crippen molar-refractivity contribution in [3.05, 3.63) is 73.4 Å². The molecule has 0 radical (unpaired) electrons. The third kappa shape index (κ3) is 2.11. The first-order valence-electron chi connectivity index (χ1n) is 7.04. The van der Waals surface area contributed by atoms with Crippen molar-refractivity contribution in [3.8, 4) is 22.3 Å². The zero-order valence-electron chi connectivity index (χ0n) is 11.8. The molecule has 0 unspecified atom stereocenters. The van der Waals surface area contributed by atoms with E-state index in [0.29, 0.717) is 0 Å². The van der Waals surface area contributed by atoms with Crippen molar-refractivity contribution in [3.63, 3.8) is 0 Å². The van der Waals surface area contributed by atoms with Crippen LogP contribution in [-0.2, 0) is 0 Å². The second-order valence-electron chi connectivity index (χ2n) is 5.16. The Morgan fingerprint density at radius 2 is 1.77 bits per heavy atom. The predicted molar refractivity (Wildman–Crippen MR) is 88.3 cm³/mol. The second-order valence-corrected chi connectivity index (χ2v) is 5.16. The molecule has 22 heavy (non-hydrogen) atoms. The van der Waals surface area contributed by atoms with Gasteiger partial charge in [0.1, 0.15) is 5.65 Å². The molecule has 106 valence electrons. The van der Waals surface area contributed by atoms with Gasteiger partial charge in [0.2, 0.25) is 0 Å². The fourth-order valence-electron chi connectivity index (χ4n) is 2.61. The predicted octanol–water partition coefficient (Wildman–Crippen LogP) is 3.65. The monoisotopic (exact) mass is 286 g/mol. The van der Waals surface area contributed by atoms with E-state index in [1.807, 2.05) is 47.1 Å². The maximum absolute atomic E-state index is 5.80. The summed E-state index contributed by atoms with van der Waals surface area (Å²) < 4.78 is 2.02. The lowest BCUT2D eigenvalue weighted by Gasteiger charge is -2.11. The van der Waals surface area contributed by atoms with Crippen LogP contribution in [-0.4, -0.2) is 14.4 Å². The third-order valence-electron chi connectivity index (χ3n) is 3.72. The summed E-state index contributed by atoms with van der Waals surface area (Å²) in [7, 11) is 0. The Bertz CT molecular complexity index is 924. The quantitative estimate of drug-likeness (QED) is 0.572. The number of anilines is 1. The largest absolute Gasteiger partial charge is 0.399 e. The zero-order valence-corrected chi connectivity index (χ0v) is 11.8. The van der Waals surface area contributed by atoms with Crippen molar-refractivity contribution >= 4 is 11.3 Å². The van der Waals surface area contributed by atoms with E-state index in [0.717, 1.165) is 33.6 Å². The number of fused-ring (bicyclic) bond motifs is 1. The van der Waals surface area contributed by atoms with Crippen molar-refractivity contribution < 1.29 is 0 Å². The molecule has 4 aromatic rings. The number of nitrogens with zero attached hydrogens (tertiary/aromatic N) is 3. The minimum absolute atomic E-state index is 0.758. The van der Waals surface area contributed by atoms with Gasteiger partial charge in [0, 0.05) is 47.8 Å². The lowest BCUT2D eigenvalue weighted by atomic mass is 9.97. The summed E-state index contributed by atoms with van der Waals surface area (Å²) in [4.78, 5) is 8.61. The van der Waals surface area contributed by atoms with Crippen LogP contribution < -0.4 is 5.73 Å². The van der Waals surface area contributed by atoms with Crippen LogP contribution in [0.1, 0.15) is 0 Å². The number of nitrogen functional groups attached to an aromatic ring is 1. The van der Waals surface area contributed by atoms with Crippen molar-refractivity contribution in [2.75, 3.05) is 5.73 Å². The van der Waals surface area contributed by atoms with E-state index in [1.54, 1.807) is 12.4 Å². The number of benzene rings is 1. The molecule has 4 heteroatoms. The molecule has 0 bridgehead atoms. The Morgan fingerprint density at radius 1 is 0.909 bits per heavy atom. The average molecular weight is 286 g/mol. The fraction of sp³-hybridized carbons (Fsp3) is 0. The van der Waals surface area contributed by atoms with Crippen LogP contribution in [0.4, 0.5) is 5.69 Å². The minimum Gasteiger partial charge on any atom is -0.399 e. The topological polar surface area (TPSA) is 56.2 Å². The normalized spacial score (nSPS) is 10.9. The summed E-state index contributed by atoms with van der Waals surface area (Å²) in [5.41, 5.74) is 11.9. The first kappa shape index (κ1) is 12.6. The maximum atomic E-state index is 5.80. The van der Waals surface area contributed by atoms with Gasteiger partial charge in [0.15, 0.2) is 0 Å². The Hall–Kier alpha value is -3.14. The molecule has 0 amide bonds. The summed E-state index contributed by atoms with van der Waals surface area (Å²) in [6.07, 6.45) is 9.49. The molecule has 0 saturated heterocycles. The van der Waals surface area contributed by atoms with Gasteiger partial charge < -0.3 is 10.1 Å². The van der Waals surface area contributed by atoms with Gasteiger partial charge in [-0.1, -0.05) is 18.2 Å². The highest BCUT2D eigenvalue weighted by Crippen LogP contribution is 2.32. The van der Waals surface area contributed by atoms with Crippen molar-refractivity contribution in [2.24, 2.45) is 0 Å². The van der Waals surface area contributed by atoms with E-state index in [-0.39, 0.29) is 0 Å². The van der Waals surface area contributed by atoms with Crippen LogP contribution in [0.5, 0.6) is 0 Å². The molecule has 1 aromatic carbocycles. The van der Waals surface area contributed by atoms with Crippen LogP contribution in [0.2, 0.25) is 0 Å². The van der Waals surface area contributed by atoms with Gasteiger partial charge in [0.05, 0.1) is 0 Å². The van der Waals surface area contributed by atoms with Gasteiger partial charge in [-0.2, -0.15) is 0 Å². The molecular formula is C18H14N4. The number of hydrogen-bond donors (Lipinski definition) is 1. The van der Waals surface area contributed by atoms with Crippen LogP contribution in [0, 0.1) is 0 Å².